The molecule has 2 aromatic rings. The van der Waals surface area contributed by atoms with Gasteiger partial charge in [-0.3, -0.25) is 9.59 Å². The Bertz CT molecular complexity index is 870. The van der Waals surface area contributed by atoms with Crippen molar-refractivity contribution in [2.24, 2.45) is 0 Å². The van der Waals surface area contributed by atoms with Crippen LogP contribution in [0.4, 0.5) is 0 Å². The maximum Gasteiger partial charge on any atom is 0.305 e. The Kier molecular flexibility index (Phi) is 5.91. The molecule has 0 radical (unpaired) electrons. The Morgan fingerprint density at radius 1 is 1.20 bits per heavy atom. The van der Waals surface area contributed by atoms with Crippen molar-refractivity contribution in [2.45, 2.75) is 22.5 Å². The zero-order valence-electron chi connectivity index (χ0n) is 13.6. The molecule has 1 aromatic heterocycles. The molecule has 0 bridgehead atoms. The molecule has 0 aliphatic rings. The summed E-state index contributed by atoms with van der Waals surface area (Å²) in [6.07, 6.45) is 2.57. The highest BCUT2D eigenvalue weighted by Gasteiger charge is 2.22. The topological polar surface area (TPSA) is 114 Å². The molecule has 1 aromatic carbocycles. The summed E-state index contributed by atoms with van der Waals surface area (Å²) < 4.78 is 27.9. The summed E-state index contributed by atoms with van der Waals surface area (Å²) in [5.74, 6) is -1.96. The van der Waals surface area contributed by atoms with Crippen LogP contribution in [0.25, 0.3) is 0 Å². The number of amides is 1. The molecule has 7 nitrogen and oxygen atoms in total. The van der Waals surface area contributed by atoms with Gasteiger partial charge in [-0.2, -0.15) is 0 Å². The Labute approximate surface area is 149 Å². The summed E-state index contributed by atoms with van der Waals surface area (Å²) in [5.41, 5.74) is 0.628. The van der Waals surface area contributed by atoms with Gasteiger partial charge in [0.2, 0.25) is 14.9 Å². The van der Waals surface area contributed by atoms with Crippen molar-refractivity contribution in [3.05, 3.63) is 47.7 Å². The quantitative estimate of drug-likeness (QED) is 0.706. The number of aliphatic carboxylic acids is 1. The van der Waals surface area contributed by atoms with Crippen molar-refractivity contribution in [3.8, 4) is 0 Å². The predicted octanol–water partition coefficient (Wildman–Crippen LogP) is 2.35. The number of carboxylic acid groups (broad SMARTS) is 1. The Hall–Kier alpha value is -2.26. The highest BCUT2D eigenvalue weighted by molar-refractivity contribution is 7.98. The molecule has 0 fully saturated rings. The van der Waals surface area contributed by atoms with Gasteiger partial charge in [0.15, 0.2) is 5.76 Å². The number of carbonyl (C=O) groups excluding carboxylic acids is 1. The van der Waals surface area contributed by atoms with Gasteiger partial charge in [0, 0.05) is 11.2 Å². The number of hydrogen-bond donors (Lipinski definition) is 2. The first-order valence-electron chi connectivity index (χ1n) is 7.17. The molecule has 0 saturated heterocycles. The average molecular weight is 383 g/mol. The third-order valence-electron chi connectivity index (χ3n) is 3.37. The van der Waals surface area contributed by atoms with Crippen LogP contribution in [0.2, 0.25) is 0 Å². The van der Waals surface area contributed by atoms with Crippen LogP contribution in [0, 0.1) is 0 Å². The van der Waals surface area contributed by atoms with Crippen molar-refractivity contribution in [3.63, 3.8) is 0 Å². The van der Waals surface area contributed by atoms with Gasteiger partial charge in [-0.15, -0.1) is 11.8 Å². The van der Waals surface area contributed by atoms with Gasteiger partial charge in [0.1, 0.15) is 0 Å². The second-order valence-corrected chi connectivity index (χ2v) is 8.11. The molecule has 0 aliphatic heterocycles. The van der Waals surface area contributed by atoms with Crippen molar-refractivity contribution in [2.75, 3.05) is 12.5 Å². The van der Waals surface area contributed by atoms with Crippen LogP contribution in [-0.2, 0) is 14.6 Å². The van der Waals surface area contributed by atoms with E-state index in [2.05, 4.69) is 5.32 Å². The Morgan fingerprint density at radius 2 is 1.84 bits per heavy atom. The lowest BCUT2D eigenvalue weighted by Crippen LogP contribution is -2.30. The van der Waals surface area contributed by atoms with Gasteiger partial charge in [-0.1, -0.05) is 12.1 Å². The molecule has 0 aliphatic carbocycles. The zero-order valence-corrected chi connectivity index (χ0v) is 15.2. The molecule has 1 amide bonds. The average Bonchev–Trinajstić information content (AvgIpc) is 3.04. The van der Waals surface area contributed by atoms with E-state index in [1.807, 2.05) is 18.4 Å². The van der Waals surface area contributed by atoms with Crippen molar-refractivity contribution >= 4 is 33.5 Å². The van der Waals surface area contributed by atoms with Crippen molar-refractivity contribution < 1.29 is 27.5 Å². The number of furan rings is 1. The van der Waals surface area contributed by atoms with Gasteiger partial charge >= 0.3 is 5.97 Å². The largest absolute Gasteiger partial charge is 0.481 e. The van der Waals surface area contributed by atoms with Crippen molar-refractivity contribution in [1.29, 1.82) is 0 Å². The van der Waals surface area contributed by atoms with Crippen LogP contribution >= 0.6 is 11.8 Å². The second-order valence-electron chi connectivity index (χ2n) is 5.29. The molecule has 2 rings (SSSR count). The fraction of sp³-hybridized carbons (Fsp3) is 0.250. The minimum absolute atomic E-state index is 0.198. The molecule has 1 atom stereocenters. The van der Waals surface area contributed by atoms with E-state index in [0.29, 0.717) is 5.56 Å². The van der Waals surface area contributed by atoms with E-state index in [-0.39, 0.29) is 17.3 Å². The molecule has 2 N–H and O–H groups in total. The van der Waals surface area contributed by atoms with Crippen LogP contribution in [0.5, 0.6) is 0 Å². The van der Waals surface area contributed by atoms with Gasteiger partial charge in [0.05, 0.1) is 12.5 Å². The van der Waals surface area contributed by atoms with Gasteiger partial charge in [-0.25, -0.2) is 8.42 Å². The van der Waals surface area contributed by atoms with E-state index in [1.165, 1.54) is 12.1 Å². The summed E-state index contributed by atoms with van der Waals surface area (Å²) in [6.45, 7) is 0. The van der Waals surface area contributed by atoms with Crippen LogP contribution < -0.4 is 5.32 Å². The fourth-order valence-electron chi connectivity index (χ4n) is 2.13. The number of benzene rings is 1. The summed E-state index contributed by atoms with van der Waals surface area (Å²) in [4.78, 5) is 24.4. The summed E-state index contributed by atoms with van der Waals surface area (Å²) in [5, 5.41) is 11.3. The van der Waals surface area contributed by atoms with E-state index in [9.17, 15) is 18.0 Å². The third-order valence-corrected chi connectivity index (χ3v) is 5.07. The lowest BCUT2D eigenvalue weighted by atomic mass is 10.0. The van der Waals surface area contributed by atoms with Crippen molar-refractivity contribution in [1.82, 2.24) is 5.32 Å². The first-order chi connectivity index (χ1) is 11.7. The molecular weight excluding hydrogens is 366 g/mol. The van der Waals surface area contributed by atoms with Gasteiger partial charge in [-0.05, 0) is 36.1 Å². The standard InChI is InChI=1S/C16H17NO6S2/c1-24-11-5-3-10(4-6-11)12(9-14(18)19)17-16(20)13-7-8-15(23-13)25(2,21)22/h3-8,12H,9H2,1-2H3,(H,17,20)(H,18,19). The van der Waals surface area contributed by atoms with Gasteiger partial charge in [0.25, 0.3) is 5.91 Å². The number of nitrogens with one attached hydrogen (secondary N) is 1. The number of sulfone groups is 1. The zero-order chi connectivity index (χ0) is 18.6. The highest BCUT2D eigenvalue weighted by atomic mass is 32.2. The monoisotopic (exact) mass is 383 g/mol. The van der Waals surface area contributed by atoms with Crippen LogP contribution in [0.3, 0.4) is 0 Å². The van der Waals surface area contributed by atoms with E-state index < -0.39 is 27.8 Å². The molecular formula is C16H17NO6S2. The molecule has 134 valence electrons. The third kappa shape index (κ3) is 5.10. The number of carboxylic acids is 1. The first-order valence-corrected chi connectivity index (χ1v) is 10.3. The number of carbonyl (C=O) groups is 2. The lowest BCUT2D eigenvalue weighted by Gasteiger charge is -2.17. The van der Waals surface area contributed by atoms with E-state index in [4.69, 9.17) is 9.52 Å². The van der Waals surface area contributed by atoms with E-state index >= 15 is 0 Å². The Balaban J connectivity index is 2.22. The second kappa shape index (κ2) is 7.75. The normalized spacial score (nSPS) is 12.6. The maximum atomic E-state index is 12.3. The minimum Gasteiger partial charge on any atom is -0.481 e. The summed E-state index contributed by atoms with van der Waals surface area (Å²) >= 11 is 1.54. The molecule has 9 heteroatoms. The highest BCUT2D eigenvalue weighted by Crippen LogP contribution is 2.22. The number of thioether (sulfide) groups is 1. The molecule has 1 unspecified atom stereocenters. The fourth-order valence-corrected chi connectivity index (χ4v) is 3.10. The molecule has 1 heterocycles. The SMILES string of the molecule is CSc1ccc(C(CC(=O)O)NC(=O)c2ccc(S(C)(=O)=O)o2)cc1. The molecule has 25 heavy (non-hydrogen) atoms. The summed E-state index contributed by atoms with van der Waals surface area (Å²) in [6, 6.07) is 8.79. The Morgan fingerprint density at radius 3 is 2.32 bits per heavy atom. The minimum atomic E-state index is -3.57. The molecule has 0 spiro atoms. The predicted molar refractivity (Wildman–Crippen MR) is 92.5 cm³/mol. The molecule has 0 saturated carbocycles. The maximum absolute atomic E-state index is 12.3. The van der Waals surface area contributed by atoms with Crippen LogP contribution in [-0.4, -0.2) is 37.9 Å². The van der Waals surface area contributed by atoms with Gasteiger partial charge < -0.3 is 14.8 Å². The number of hydrogen-bond acceptors (Lipinski definition) is 6. The van der Waals surface area contributed by atoms with E-state index in [0.717, 1.165) is 11.2 Å². The summed E-state index contributed by atoms with van der Waals surface area (Å²) in [7, 11) is -3.57. The first kappa shape index (κ1) is 19.1. The van der Waals surface area contributed by atoms with E-state index in [1.54, 1.807) is 23.9 Å². The number of rotatable bonds is 7. The lowest BCUT2D eigenvalue weighted by molar-refractivity contribution is -0.137. The smallest absolute Gasteiger partial charge is 0.305 e. The van der Waals surface area contributed by atoms with Crippen LogP contribution in [0.15, 0.2) is 50.8 Å². The van der Waals surface area contributed by atoms with Crippen LogP contribution in [0.1, 0.15) is 28.6 Å².